The Morgan fingerprint density at radius 1 is 0.653 bits per heavy atom. The second-order valence-electron chi connectivity index (χ2n) is 12.4. The predicted molar refractivity (Wildman–Crippen MR) is 190 cm³/mol. The molecule has 0 bridgehead atoms. The number of hydrogen-bond acceptors (Lipinski definition) is 6. The lowest BCUT2D eigenvalue weighted by molar-refractivity contribution is -0.155. The average Bonchev–Trinajstić information content (AvgIpc) is 3.13. The Kier molecular flexibility index (Phi) is 12.2. The summed E-state index contributed by atoms with van der Waals surface area (Å²) in [4.78, 5) is 41.2. The van der Waals surface area contributed by atoms with Crippen LogP contribution in [0.25, 0.3) is 21.9 Å². The lowest BCUT2D eigenvalue weighted by Crippen LogP contribution is -2.52. The maximum atomic E-state index is 13.7. The molecule has 8 nitrogen and oxygen atoms in total. The van der Waals surface area contributed by atoms with Crippen molar-refractivity contribution < 1.29 is 29.0 Å². The van der Waals surface area contributed by atoms with E-state index in [-0.39, 0.29) is 38.6 Å². The number of aliphatic hydroxyl groups excluding tert-OH is 1. The fourth-order valence-electron chi connectivity index (χ4n) is 5.59. The van der Waals surface area contributed by atoms with Gasteiger partial charge in [-0.25, -0.2) is 14.4 Å². The highest BCUT2D eigenvalue weighted by molar-refractivity contribution is 5.96. The molecule has 0 aromatic heterocycles. The number of fused-ring (bicyclic) bond motifs is 1. The van der Waals surface area contributed by atoms with Gasteiger partial charge < -0.3 is 24.8 Å². The smallest absolute Gasteiger partial charge is 0.337 e. The first-order valence-corrected chi connectivity index (χ1v) is 16.5. The van der Waals surface area contributed by atoms with Gasteiger partial charge in [-0.1, -0.05) is 141 Å². The van der Waals surface area contributed by atoms with Crippen molar-refractivity contribution in [2.45, 2.75) is 45.6 Å². The summed E-state index contributed by atoms with van der Waals surface area (Å²) in [5.74, 6) is -1.42. The molecule has 0 aliphatic rings. The van der Waals surface area contributed by atoms with E-state index in [0.29, 0.717) is 0 Å². The van der Waals surface area contributed by atoms with E-state index in [4.69, 9.17) is 9.47 Å². The van der Waals surface area contributed by atoms with Crippen LogP contribution in [0, 0.1) is 5.92 Å². The second kappa shape index (κ2) is 17.1. The zero-order valence-corrected chi connectivity index (χ0v) is 27.8. The highest BCUT2D eigenvalue weighted by Gasteiger charge is 2.29. The number of nitrogens with zero attached hydrogens (tertiary/aromatic N) is 1. The number of ether oxygens (including phenoxy) is 2. The summed E-state index contributed by atoms with van der Waals surface area (Å²) in [5.41, 5.74) is 4.55. The van der Waals surface area contributed by atoms with Crippen LogP contribution >= 0.6 is 0 Å². The highest BCUT2D eigenvalue weighted by atomic mass is 16.5. The molecular weight excluding hydrogens is 616 g/mol. The fourth-order valence-corrected chi connectivity index (χ4v) is 5.59. The van der Waals surface area contributed by atoms with Gasteiger partial charge in [0.05, 0.1) is 6.54 Å². The van der Waals surface area contributed by atoms with Gasteiger partial charge in [0.15, 0.2) is 6.10 Å². The predicted octanol–water partition coefficient (Wildman–Crippen LogP) is 6.93. The van der Waals surface area contributed by atoms with E-state index in [2.05, 4.69) is 29.6 Å². The number of carbonyl (C=O) groups is 3. The second-order valence-corrected chi connectivity index (χ2v) is 12.4. The van der Waals surface area contributed by atoms with Gasteiger partial charge >= 0.3 is 18.0 Å². The largest absolute Gasteiger partial charge is 0.459 e. The van der Waals surface area contributed by atoms with Crippen molar-refractivity contribution in [1.29, 1.82) is 0 Å². The summed E-state index contributed by atoms with van der Waals surface area (Å²) in [6, 6.07) is 39.1. The Bertz CT molecular complexity index is 1820. The monoisotopic (exact) mass is 658 g/mol. The van der Waals surface area contributed by atoms with Gasteiger partial charge in [0, 0.05) is 13.0 Å². The van der Waals surface area contributed by atoms with Gasteiger partial charge in [0.2, 0.25) is 0 Å². The van der Waals surface area contributed by atoms with Crippen LogP contribution in [0.5, 0.6) is 0 Å². The Hall–Kier alpha value is -5.47. The third kappa shape index (κ3) is 10.0. The SMILES string of the molecule is CC(C)CN(CC(O)C(=O)OCc1ccccc1)C(=O)N[C@@H](Cc1ccc(-c2cccc3ccccc23)cc1)C(=O)OCc1ccccc1. The first kappa shape index (κ1) is 34.9. The number of aliphatic hydroxyl groups is 1. The number of rotatable bonds is 14. The van der Waals surface area contributed by atoms with E-state index >= 15 is 0 Å². The summed E-state index contributed by atoms with van der Waals surface area (Å²) in [7, 11) is 0. The van der Waals surface area contributed by atoms with Gasteiger partial charge in [-0.05, 0) is 44.5 Å². The first-order valence-electron chi connectivity index (χ1n) is 16.5. The number of esters is 2. The van der Waals surface area contributed by atoms with E-state index in [1.54, 1.807) is 0 Å². The van der Waals surface area contributed by atoms with Crippen molar-refractivity contribution in [2.75, 3.05) is 13.1 Å². The molecule has 252 valence electrons. The highest BCUT2D eigenvalue weighted by Crippen LogP contribution is 2.29. The lowest BCUT2D eigenvalue weighted by Gasteiger charge is -2.28. The summed E-state index contributed by atoms with van der Waals surface area (Å²) in [6.45, 7) is 3.83. The van der Waals surface area contributed by atoms with Crippen molar-refractivity contribution >= 4 is 28.7 Å². The molecule has 2 N–H and O–H groups in total. The van der Waals surface area contributed by atoms with Crippen molar-refractivity contribution in [3.05, 3.63) is 144 Å². The zero-order chi connectivity index (χ0) is 34.6. The molecule has 0 fully saturated rings. The van der Waals surface area contributed by atoms with Crippen LogP contribution in [0.1, 0.15) is 30.5 Å². The maximum absolute atomic E-state index is 13.7. The number of benzene rings is 5. The van der Waals surface area contributed by atoms with Crippen molar-refractivity contribution in [2.24, 2.45) is 5.92 Å². The van der Waals surface area contributed by atoms with Gasteiger partial charge in [0.25, 0.3) is 0 Å². The topological polar surface area (TPSA) is 105 Å². The van der Waals surface area contributed by atoms with Crippen LogP contribution in [0.4, 0.5) is 4.79 Å². The Balaban J connectivity index is 1.30. The molecule has 2 atom stereocenters. The van der Waals surface area contributed by atoms with Crippen LogP contribution in [0.2, 0.25) is 0 Å². The maximum Gasteiger partial charge on any atom is 0.337 e. The quantitative estimate of drug-likeness (QED) is 0.125. The van der Waals surface area contributed by atoms with Gasteiger partial charge in [0.1, 0.15) is 19.3 Å². The van der Waals surface area contributed by atoms with Gasteiger partial charge in [-0.15, -0.1) is 0 Å². The van der Waals surface area contributed by atoms with E-state index in [9.17, 15) is 19.5 Å². The summed E-state index contributed by atoms with van der Waals surface area (Å²) >= 11 is 0. The fraction of sp³-hybridized carbons (Fsp3) is 0.244. The first-order chi connectivity index (χ1) is 23.8. The van der Waals surface area contributed by atoms with Crippen LogP contribution < -0.4 is 5.32 Å². The summed E-state index contributed by atoms with van der Waals surface area (Å²) < 4.78 is 11.0. The zero-order valence-electron chi connectivity index (χ0n) is 27.8. The number of hydrogen-bond donors (Lipinski definition) is 2. The summed E-state index contributed by atoms with van der Waals surface area (Å²) in [6.07, 6.45) is -1.40. The Labute approximate surface area is 287 Å². The molecule has 0 saturated heterocycles. The molecule has 1 unspecified atom stereocenters. The number of urea groups is 1. The van der Waals surface area contributed by atoms with E-state index < -0.39 is 30.1 Å². The molecule has 0 heterocycles. The van der Waals surface area contributed by atoms with Crippen LogP contribution in [-0.2, 0) is 38.7 Å². The van der Waals surface area contributed by atoms with Crippen LogP contribution in [0.3, 0.4) is 0 Å². The molecule has 0 spiro atoms. The molecule has 5 aromatic rings. The van der Waals surface area contributed by atoms with Crippen molar-refractivity contribution in [1.82, 2.24) is 10.2 Å². The number of nitrogens with one attached hydrogen (secondary N) is 1. The third-order valence-electron chi connectivity index (χ3n) is 8.06. The molecule has 2 amide bonds. The lowest BCUT2D eigenvalue weighted by atomic mass is 9.96. The minimum absolute atomic E-state index is 0.00171. The molecule has 0 aliphatic heterocycles. The molecule has 49 heavy (non-hydrogen) atoms. The molecule has 5 aromatic carbocycles. The van der Waals surface area contributed by atoms with Crippen molar-refractivity contribution in [3.8, 4) is 11.1 Å². The minimum Gasteiger partial charge on any atom is -0.459 e. The van der Waals surface area contributed by atoms with E-state index in [0.717, 1.165) is 38.6 Å². The van der Waals surface area contributed by atoms with E-state index in [1.165, 1.54) is 4.90 Å². The Morgan fingerprint density at radius 2 is 1.22 bits per heavy atom. The normalized spacial score (nSPS) is 12.2. The Morgan fingerprint density at radius 3 is 1.86 bits per heavy atom. The third-order valence-corrected chi connectivity index (χ3v) is 8.06. The number of amides is 2. The molecular formula is C41H42N2O6. The molecule has 5 rings (SSSR count). The molecule has 8 heteroatoms. The van der Waals surface area contributed by atoms with Gasteiger partial charge in [-0.3, -0.25) is 0 Å². The van der Waals surface area contributed by atoms with E-state index in [1.807, 2.05) is 117 Å². The summed E-state index contributed by atoms with van der Waals surface area (Å²) in [5, 5.41) is 15.8. The average molecular weight is 659 g/mol. The number of carbonyl (C=O) groups excluding carboxylic acids is 3. The molecule has 0 saturated carbocycles. The standard InChI is InChI=1S/C41H42N2O6/c1-29(2)25-43(26-38(44)40(46)49-28-32-14-7-4-8-15-32)41(47)42-37(39(45)48-27-31-12-5-3-6-13-31)24-30-20-22-34(23-21-30)36-19-11-17-33-16-9-10-18-35(33)36/h3-23,29,37-38,44H,24-28H2,1-2H3,(H,42,47)/t37-,38?/m0/s1. The van der Waals surface area contributed by atoms with Crippen LogP contribution in [-0.4, -0.2) is 53.2 Å². The van der Waals surface area contributed by atoms with Crippen molar-refractivity contribution in [3.63, 3.8) is 0 Å². The van der Waals surface area contributed by atoms with Gasteiger partial charge in [-0.2, -0.15) is 0 Å². The minimum atomic E-state index is -1.57. The molecule has 0 radical (unpaired) electrons. The molecule has 0 aliphatic carbocycles. The van der Waals surface area contributed by atoms with Crippen LogP contribution in [0.15, 0.2) is 127 Å².